The van der Waals surface area contributed by atoms with Crippen molar-refractivity contribution in [1.29, 1.82) is 0 Å². The highest BCUT2D eigenvalue weighted by molar-refractivity contribution is 9.10. The van der Waals surface area contributed by atoms with Crippen molar-refractivity contribution in [2.75, 3.05) is 13.2 Å². The third-order valence-corrected chi connectivity index (χ3v) is 2.67. The van der Waals surface area contributed by atoms with Crippen molar-refractivity contribution in [2.24, 2.45) is 0 Å². The molecular weight excluding hydrogens is 266 g/mol. The maximum absolute atomic E-state index is 5.50. The zero-order chi connectivity index (χ0) is 11.8. The van der Waals surface area contributed by atoms with Gasteiger partial charge < -0.3 is 10.1 Å². The van der Waals surface area contributed by atoms with E-state index in [-0.39, 0.29) is 0 Å². The second-order valence-electron chi connectivity index (χ2n) is 3.26. The van der Waals surface area contributed by atoms with Gasteiger partial charge in [0, 0.05) is 6.54 Å². The first-order valence-corrected chi connectivity index (χ1v) is 6.08. The van der Waals surface area contributed by atoms with E-state index in [4.69, 9.17) is 4.74 Å². The van der Waals surface area contributed by atoms with E-state index in [9.17, 15) is 0 Å². The van der Waals surface area contributed by atoms with E-state index in [0.29, 0.717) is 6.61 Å². The van der Waals surface area contributed by atoms with E-state index in [1.165, 1.54) is 5.56 Å². The summed E-state index contributed by atoms with van der Waals surface area (Å²) in [4.78, 5) is 0. The molecule has 1 aromatic carbocycles. The van der Waals surface area contributed by atoms with Crippen LogP contribution in [0.2, 0.25) is 0 Å². The predicted octanol–water partition coefficient (Wildman–Crippen LogP) is 2.96. The van der Waals surface area contributed by atoms with Crippen LogP contribution in [0.3, 0.4) is 0 Å². The zero-order valence-corrected chi connectivity index (χ0v) is 11.2. The van der Waals surface area contributed by atoms with Gasteiger partial charge in [-0.2, -0.15) is 0 Å². The molecule has 0 radical (unpaired) electrons. The zero-order valence-electron chi connectivity index (χ0n) is 9.64. The van der Waals surface area contributed by atoms with Crippen LogP contribution in [0.5, 0.6) is 5.75 Å². The molecule has 1 rings (SSSR count). The van der Waals surface area contributed by atoms with Crippen molar-refractivity contribution in [3.05, 3.63) is 28.2 Å². The SMILES string of the molecule is CC#CCOc1ccc(CNCC)cc1Br. The number of rotatable bonds is 5. The summed E-state index contributed by atoms with van der Waals surface area (Å²) < 4.78 is 6.47. The summed E-state index contributed by atoms with van der Waals surface area (Å²) in [5.74, 6) is 6.50. The smallest absolute Gasteiger partial charge is 0.149 e. The van der Waals surface area contributed by atoms with Gasteiger partial charge in [0.05, 0.1) is 4.47 Å². The van der Waals surface area contributed by atoms with Gasteiger partial charge in [-0.25, -0.2) is 0 Å². The third kappa shape index (κ3) is 4.26. The van der Waals surface area contributed by atoms with Gasteiger partial charge in [0.25, 0.3) is 0 Å². The van der Waals surface area contributed by atoms with Crippen LogP contribution in [-0.4, -0.2) is 13.2 Å². The highest BCUT2D eigenvalue weighted by Crippen LogP contribution is 2.25. The Balaban J connectivity index is 2.62. The molecule has 0 aliphatic heterocycles. The fourth-order valence-electron chi connectivity index (χ4n) is 1.23. The number of nitrogens with one attached hydrogen (secondary N) is 1. The number of ether oxygens (including phenoxy) is 1. The minimum absolute atomic E-state index is 0.432. The van der Waals surface area contributed by atoms with Crippen molar-refractivity contribution in [2.45, 2.75) is 20.4 Å². The molecule has 0 spiro atoms. The molecule has 0 aliphatic rings. The van der Waals surface area contributed by atoms with Gasteiger partial charge in [-0.1, -0.05) is 18.9 Å². The normalized spacial score (nSPS) is 9.44. The van der Waals surface area contributed by atoms with Crippen LogP contribution in [0.4, 0.5) is 0 Å². The van der Waals surface area contributed by atoms with Crippen LogP contribution in [0.25, 0.3) is 0 Å². The van der Waals surface area contributed by atoms with E-state index in [1.807, 2.05) is 6.07 Å². The van der Waals surface area contributed by atoms with Crippen molar-refractivity contribution < 1.29 is 4.74 Å². The van der Waals surface area contributed by atoms with Gasteiger partial charge in [0.15, 0.2) is 0 Å². The quantitative estimate of drug-likeness (QED) is 0.838. The molecule has 0 aromatic heterocycles. The highest BCUT2D eigenvalue weighted by Gasteiger charge is 2.01. The topological polar surface area (TPSA) is 21.3 Å². The van der Waals surface area contributed by atoms with Crippen LogP contribution in [0.1, 0.15) is 19.4 Å². The number of hydrogen-bond acceptors (Lipinski definition) is 2. The Kier molecular flexibility index (Phi) is 5.99. The van der Waals surface area contributed by atoms with Crippen molar-refractivity contribution in [3.8, 4) is 17.6 Å². The van der Waals surface area contributed by atoms with E-state index >= 15 is 0 Å². The molecule has 0 unspecified atom stereocenters. The number of benzene rings is 1. The van der Waals surface area contributed by atoms with Gasteiger partial charge >= 0.3 is 0 Å². The molecule has 0 saturated heterocycles. The minimum Gasteiger partial charge on any atom is -0.480 e. The lowest BCUT2D eigenvalue weighted by Crippen LogP contribution is -2.11. The first-order valence-electron chi connectivity index (χ1n) is 5.29. The van der Waals surface area contributed by atoms with Crippen LogP contribution >= 0.6 is 15.9 Å². The van der Waals surface area contributed by atoms with E-state index < -0.39 is 0 Å². The molecule has 0 saturated carbocycles. The highest BCUT2D eigenvalue weighted by atomic mass is 79.9. The Morgan fingerprint density at radius 3 is 2.88 bits per heavy atom. The summed E-state index contributed by atoms with van der Waals surface area (Å²) in [5, 5.41) is 3.28. The summed E-state index contributed by atoms with van der Waals surface area (Å²) in [6.07, 6.45) is 0. The van der Waals surface area contributed by atoms with Crippen molar-refractivity contribution in [3.63, 3.8) is 0 Å². The van der Waals surface area contributed by atoms with Crippen LogP contribution in [0.15, 0.2) is 22.7 Å². The number of halogens is 1. The van der Waals surface area contributed by atoms with E-state index in [1.54, 1.807) is 6.92 Å². The molecule has 0 heterocycles. The lowest BCUT2D eigenvalue weighted by molar-refractivity contribution is 0.367. The van der Waals surface area contributed by atoms with Gasteiger partial charge in [-0.05, 0) is 47.1 Å². The van der Waals surface area contributed by atoms with Gasteiger partial charge in [0.1, 0.15) is 12.4 Å². The van der Waals surface area contributed by atoms with Crippen molar-refractivity contribution >= 4 is 15.9 Å². The summed E-state index contributed by atoms with van der Waals surface area (Å²) in [7, 11) is 0. The maximum atomic E-state index is 5.50. The summed E-state index contributed by atoms with van der Waals surface area (Å²) in [6, 6.07) is 6.09. The first-order chi connectivity index (χ1) is 7.77. The second-order valence-corrected chi connectivity index (χ2v) is 4.11. The largest absolute Gasteiger partial charge is 0.480 e. The molecule has 1 aromatic rings. The molecule has 1 N–H and O–H groups in total. The fraction of sp³-hybridized carbons (Fsp3) is 0.385. The maximum Gasteiger partial charge on any atom is 0.149 e. The van der Waals surface area contributed by atoms with Crippen molar-refractivity contribution in [1.82, 2.24) is 5.32 Å². The van der Waals surface area contributed by atoms with Gasteiger partial charge in [-0.3, -0.25) is 0 Å². The van der Waals surface area contributed by atoms with Gasteiger partial charge in [0.2, 0.25) is 0 Å². The average molecular weight is 282 g/mol. The summed E-state index contributed by atoms with van der Waals surface area (Å²) in [5.41, 5.74) is 1.24. The van der Waals surface area contributed by atoms with Crippen LogP contribution in [-0.2, 0) is 6.54 Å². The molecule has 86 valence electrons. The third-order valence-electron chi connectivity index (χ3n) is 2.05. The Hall–Kier alpha value is -0.980. The molecular formula is C13H16BrNO. The molecule has 0 bridgehead atoms. The second kappa shape index (κ2) is 7.32. The summed E-state index contributed by atoms with van der Waals surface area (Å²) in [6.45, 7) is 6.18. The van der Waals surface area contributed by atoms with E-state index in [2.05, 4.69) is 52.1 Å². The first kappa shape index (κ1) is 13.1. The fourth-order valence-corrected chi connectivity index (χ4v) is 1.77. The van der Waals surface area contributed by atoms with Crippen LogP contribution < -0.4 is 10.1 Å². The van der Waals surface area contributed by atoms with Gasteiger partial charge in [-0.15, -0.1) is 5.92 Å². The molecule has 16 heavy (non-hydrogen) atoms. The molecule has 3 heteroatoms. The van der Waals surface area contributed by atoms with Crippen LogP contribution in [0, 0.1) is 11.8 Å². The summed E-state index contributed by atoms with van der Waals surface area (Å²) >= 11 is 3.49. The molecule has 0 amide bonds. The minimum atomic E-state index is 0.432. The lowest BCUT2D eigenvalue weighted by atomic mass is 10.2. The standard InChI is InChI=1S/C13H16BrNO/c1-3-5-8-16-13-7-6-11(9-12(13)14)10-15-4-2/h6-7,9,15H,4,8,10H2,1-2H3. The Bertz CT molecular complexity index is 393. The molecule has 0 aliphatic carbocycles. The Labute approximate surface area is 106 Å². The Morgan fingerprint density at radius 2 is 2.25 bits per heavy atom. The van der Waals surface area contributed by atoms with E-state index in [0.717, 1.165) is 23.3 Å². The molecule has 2 nitrogen and oxygen atoms in total. The molecule has 0 fully saturated rings. The number of hydrogen-bond donors (Lipinski definition) is 1. The molecule has 0 atom stereocenters. The Morgan fingerprint density at radius 1 is 1.44 bits per heavy atom. The lowest BCUT2D eigenvalue weighted by Gasteiger charge is -2.07. The average Bonchev–Trinajstić information content (AvgIpc) is 2.29. The monoisotopic (exact) mass is 281 g/mol. The predicted molar refractivity (Wildman–Crippen MR) is 70.5 cm³/mol.